The van der Waals surface area contributed by atoms with Crippen molar-refractivity contribution in [3.05, 3.63) is 34.9 Å². The highest BCUT2D eigenvalue weighted by Crippen LogP contribution is 2.48. The van der Waals surface area contributed by atoms with Gasteiger partial charge in [0.05, 0.1) is 12.5 Å². The monoisotopic (exact) mass is 296 g/mol. The quantitative estimate of drug-likeness (QED) is 0.627. The first-order chi connectivity index (χ1) is 8.17. The Morgan fingerprint density at radius 3 is 2.88 bits per heavy atom. The van der Waals surface area contributed by atoms with Crippen LogP contribution < -0.4 is 0 Å². The van der Waals surface area contributed by atoms with E-state index >= 15 is 0 Å². The molecule has 3 heteroatoms. The third-order valence-electron chi connectivity index (χ3n) is 3.32. The number of benzene rings is 1. The van der Waals surface area contributed by atoms with E-state index in [0.717, 1.165) is 11.8 Å². The molecule has 2 rings (SSSR count). The Kier molecular flexibility index (Phi) is 3.87. The summed E-state index contributed by atoms with van der Waals surface area (Å²) in [6.07, 6.45) is 0.936. The average Bonchev–Trinajstić information content (AvgIpc) is 3.09. The van der Waals surface area contributed by atoms with E-state index < -0.39 is 0 Å². The van der Waals surface area contributed by atoms with Gasteiger partial charge in [-0.1, -0.05) is 34.1 Å². The molecule has 2 atom stereocenters. The van der Waals surface area contributed by atoms with Gasteiger partial charge in [0.1, 0.15) is 0 Å². The number of alkyl halides is 1. The number of aryl methyl sites for hydroxylation is 1. The maximum atomic E-state index is 11.6. The second kappa shape index (κ2) is 5.21. The van der Waals surface area contributed by atoms with E-state index in [1.807, 2.05) is 6.92 Å². The van der Waals surface area contributed by atoms with Crippen LogP contribution in [0.25, 0.3) is 0 Å². The summed E-state index contributed by atoms with van der Waals surface area (Å²) in [7, 11) is 0. The Labute approximate surface area is 110 Å². The Bertz CT molecular complexity index is 428. The third-order valence-corrected chi connectivity index (χ3v) is 3.92. The van der Waals surface area contributed by atoms with Crippen LogP contribution in [0.4, 0.5) is 0 Å². The number of carbonyl (C=O) groups excluding carboxylic acids is 1. The average molecular weight is 297 g/mol. The smallest absolute Gasteiger partial charge is 0.309 e. The summed E-state index contributed by atoms with van der Waals surface area (Å²) in [6, 6.07) is 6.47. The van der Waals surface area contributed by atoms with Crippen molar-refractivity contribution in [1.82, 2.24) is 0 Å². The molecule has 0 heterocycles. The predicted molar refractivity (Wildman–Crippen MR) is 71.3 cm³/mol. The van der Waals surface area contributed by atoms with Crippen LogP contribution in [0.1, 0.15) is 36.0 Å². The van der Waals surface area contributed by atoms with Crippen molar-refractivity contribution < 1.29 is 9.53 Å². The topological polar surface area (TPSA) is 26.3 Å². The second-order valence-electron chi connectivity index (χ2n) is 4.52. The van der Waals surface area contributed by atoms with E-state index in [1.165, 1.54) is 16.7 Å². The summed E-state index contributed by atoms with van der Waals surface area (Å²) >= 11 is 3.47. The van der Waals surface area contributed by atoms with E-state index in [-0.39, 0.29) is 11.9 Å². The highest BCUT2D eigenvalue weighted by atomic mass is 79.9. The molecule has 1 aliphatic rings. The summed E-state index contributed by atoms with van der Waals surface area (Å²) in [4.78, 5) is 11.6. The number of hydrogen-bond donors (Lipinski definition) is 0. The number of ether oxygens (including phenoxy) is 1. The fourth-order valence-electron chi connectivity index (χ4n) is 2.17. The van der Waals surface area contributed by atoms with Gasteiger partial charge < -0.3 is 4.74 Å². The fourth-order valence-corrected chi connectivity index (χ4v) is 2.80. The van der Waals surface area contributed by atoms with Crippen LogP contribution in [0.5, 0.6) is 0 Å². The van der Waals surface area contributed by atoms with Crippen LogP contribution in [0, 0.1) is 12.8 Å². The van der Waals surface area contributed by atoms with E-state index in [1.54, 1.807) is 0 Å². The van der Waals surface area contributed by atoms with Gasteiger partial charge >= 0.3 is 5.97 Å². The number of halogens is 1. The lowest BCUT2D eigenvalue weighted by atomic mass is 10.0. The zero-order valence-electron chi connectivity index (χ0n) is 10.2. The molecule has 0 saturated heterocycles. The SMILES string of the molecule is CCOC(=O)C1CC1c1ccc(CBr)c(C)c1. The molecule has 92 valence electrons. The molecule has 17 heavy (non-hydrogen) atoms. The summed E-state index contributed by atoms with van der Waals surface area (Å²) in [5, 5.41) is 0.880. The van der Waals surface area contributed by atoms with Crippen LogP contribution in [-0.4, -0.2) is 12.6 Å². The van der Waals surface area contributed by atoms with Crippen LogP contribution >= 0.6 is 15.9 Å². The lowest BCUT2D eigenvalue weighted by molar-refractivity contribution is -0.144. The van der Waals surface area contributed by atoms with Crippen molar-refractivity contribution in [2.75, 3.05) is 6.61 Å². The molecule has 1 aliphatic carbocycles. The first kappa shape index (κ1) is 12.6. The maximum Gasteiger partial charge on any atom is 0.309 e. The molecule has 0 bridgehead atoms. The molecule has 0 radical (unpaired) electrons. The number of carbonyl (C=O) groups is 1. The lowest BCUT2D eigenvalue weighted by Gasteiger charge is -2.06. The predicted octanol–water partition coefficient (Wildman–Crippen LogP) is 3.56. The highest BCUT2D eigenvalue weighted by molar-refractivity contribution is 9.08. The lowest BCUT2D eigenvalue weighted by Crippen LogP contribution is -2.07. The minimum absolute atomic E-state index is 0.0419. The molecule has 0 aliphatic heterocycles. The van der Waals surface area contributed by atoms with E-state index in [2.05, 4.69) is 41.1 Å². The molecule has 1 aromatic carbocycles. The third kappa shape index (κ3) is 2.71. The molecular formula is C14H17BrO2. The van der Waals surface area contributed by atoms with Crippen molar-refractivity contribution in [1.29, 1.82) is 0 Å². The van der Waals surface area contributed by atoms with Crippen molar-refractivity contribution >= 4 is 21.9 Å². The maximum absolute atomic E-state index is 11.6. The molecule has 1 fully saturated rings. The van der Waals surface area contributed by atoms with Gasteiger partial charge in [0, 0.05) is 5.33 Å². The second-order valence-corrected chi connectivity index (χ2v) is 5.08. The van der Waals surface area contributed by atoms with Gasteiger partial charge in [0.2, 0.25) is 0 Å². The van der Waals surface area contributed by atoms with Gasteiger partial charge in [-0.25, -0.2) is 0 Å². The van der Waals surface area contributed by atoms with Gasteiger partial charge in [0.25, 0.3) is 0 Å². The summed E-state index contributed by atoms with van der Waals surface area (Å²) in [5.74, 6) is 0.418. The van der Waals surface area contributed by atoms with Gasteiger partial charge in [-0.3, -0.25) is 4.79 Å². The van der Waals surface area contributed by atoms with Crippen LogP contribution in [0.15, 0.2) is 18.2 Å². The van der Waals surface area contributed by atoms with Crippen molar-refractivity contribution in [3.8, 4) is 0 Å². The molecular weight excluding hydrogens is 280 g/mol. The zero-order valence-corrected chi connectivity index (χ0v) is 11.8. The molecule has 0 aromatic heterocycles. The normalized spacial score (nSPS) is 22.3. The molecule has 2 unspecified atom stereocenters. The Hall–Kier alpha value is -0.830. The van der Waals surface area contributed by atoms with E-state index in [4.69, 9.17) is 4.74 Å². The molecule has 0 amide bonds. The van der Waals surface area contributed by atoms with Crippen molar-refractivity contribution in [2.24, 2.45) is 5.92 Å². The zero-order chi connectivity index (χ0) is 12.4. The van der Waals surface area contributed by atoms with Crippen molar-refractivity contribution in [2.45, 2.75) is 31.5 Å². The van der Waals surface area contributed by atoms with E-state index in [9.17, 15) is 4.79 Å². The molecule has 0 spiro atoms. The van der Waals surface area contributed by atoms with E-state index in [0.29, 0.717) is 12.5 Å². The van der Waals surface area contributed by atoms with Gasteiger partial charge in [-0.05, 0) is 42.9 Å². The molecule has 1 saturated carbocycles. The number of hydrogen-bond acceptors (Lipinski definition) is 2. The first-order valence-corrected chi connectivity index (χ1v) is 7.11. The van der Waals surface area contributed by atoms with Crippen LogP contribution in [0.2, 0.25) is 0 Å². The van der Waals surface area contributed by atoms with Gasteiger partial charge in [-0.2, -0.15) is 0 Å². The fraction of sp³-hybridized carbons (Fsp3) is 0.500. The summed E-state index contributed by atoms with van der Waals surface area (Å²) in [5.41, 5.74) is 3.86. The van der Waals surface area contributed by atoms with Gasteiger partial charge in [0.15, 0.2) is 0 Å². The molecule has 2 nitrogen and oxygen atoms in total. The summed E-state index contributed by atoms with van der Waals surface area (Å²) < 4.78 is 5.05. The van der Waals surface area contributed by atoms with Gasteiger partial charge in [-0.15, -0.1) is 0 Å². The van der Waals surface area contributed by atoms with Crippen LogP contribution in [-0.2, 0) is 14.9 Å². The Morgan fingerprint density at radius 2 is 2.29 bits per heavy atom. The summed E-state index contributed by atoms with van der Waals surface area (Å²) in [6.45, 7) is 4.44. The molecule has 0 N–H and O–H groups in total. The minimum atomic E-state index is -0.0419. The minimum Gasteiger partial charge on any atom is -0.466 e. The highest BCUT2D eigenvalue weighted by Gasteiger charge is 2.45. The first-order valence-electron chi connectivity index (χ1n) is 5.99. The number of rotatable bonds is 4. The largest absolute Gasteiger partial charge is 0.466 e. The van der Waals surface area contributed by atoms with Crippen LogP contribution in [0.3, 0.4) is 0 Å². The Morgan fingerprint density at radius 1 is 1.53 bits per heavy atom. The number of esters is 1. The Balaban J connectivity index is 2.06. The van der Waals surface area contributed by atoms with Crippen molar-refractivity contribution in [3.63, 3.8) is 0 Å². The standard InChI is InChI=1S/C14H17BrO2/c1-3-17-14(16)13-7-12(13)10-4-5-11(8-15)9(2)6-10/h4-6,12-13H,3,7-8H2,1-2H3. The molecule has 1 aromatic rings.